The summed E-state index contributed by atoms with van der Waals surface area (Å²) in [5.74, 6) is -0.171. The molecule has 0 aliphatic carbocycles. The van der Waals surface area contributed by atoms with Crippen LogP contribution in [0.5, 0.6) is 0 Å². The molecule has 0 bridgehead atoms. The van der Waals surface area contributed by atoms with Crippen LogP contribution in [0.4, 0.5) is 4.39 Å². The number of nitrogens with one attached hydrogen (secondary N) is 1. The van der Waals surface area contributed by atoms with Crippen LogP contribution in [0.15, 0.2) is 18.2 Å². The van der Waals surface area contributed by atoms with Gasteiger partial charge in [-0.3, -0.25) is 9.69 Å². The molecule has 1 aromatic rings. The monoisotopic (exact) mass is 340 g/mol. The molecule has 2 heterocycles. The van der Waals surface area contributed by atoms with E-state index in [1.807, 2.05) is 13.1 Å². The molecule has 6 heteroatoms. The third kappa shape index (κ3) is 3.67. The van der Waals surface area contributed by atoms with Crippen LogP contribution < -0.4 is 5.32 Å². The molecule has 0 aromatic heterocycles. The first-order valence-electron chi connectivity index (χ1n) is 8.11. The fraction of sp³-hybridized carbons (Fsp3) is 0.588. The predicted molar refractivity (Wildman–Crippen MR) is 86.9 cm³/mol. The Bertz CT molecular complexity index is 578. The Morgan fingerprint density at radius 1 is 1.48 bits per heavy atom. The van der Waals surface area contributed by atoms with Crippen LogP contribution in [0.2, 0.25) is 5.02 Å². The summed E-state index contributed by atoms with van der Waals surface area (Å²) in [6.45, 7) is 2.17. The molecule has 0 spiro atoms. The van der Waals surface area contributed by atoms with Gasteiger partial charge in [0.15, 0.2) is 0 Å². The normalized spacial score (nSPS) is 28.2. The van der Waals surface area contributed by atoms with Crippen molar-refractivity contribution in [3.05, 3.63) is 34.6 Å². The number of amides is 1. The van der Waals surface area contributed by atoms with E-state index in [1.165, 1.54) is 6.07 Å². The second kappa shape index (κ2) is 7.16. The van der Waals surface area contributed by atoms with E-state index in [0.29, 0.717) is 13.2 Å². The van der Waals surface area contributed by atoms with Crippen molar-refractivity contribution in [3.8, 4) is 0 Å². The van der Waals surface area contributed by atoms with Gasteiger partial charge in [-0.1, -0.05) is 17.7 Å². The fourth-order valence-corrected chi connectivity index (χ4v) is 3.71. The van der Waals surface area contributed by atoms with Crippen molar-refractivity contribution in [1.82, 2.24) is 10.2 Å². The number of likely N-dealkylation sites (tertiary alicyclic amines) is 1. The minimum Gasteiger partial charge on any atom is -0.368 e. The largest absolute Gasteiger partial charge is 0.368 e. The number of halogens is 2. The van der Waals surface area contributed by atoms with Crippen LogP contribution in [0.1, 0.15) is 30.9 Å². The van der Waals surface area contributed by atoms with Gasteiger partial charge in [-0.25, -0.2) is 4.39 Å². The van der Waals surface area contributed by atoms with E-state index in [1.54, 1.807) is 6.07 Å². The first kappa shape index (κ1) is 16.7. The number of benzene rings is 1. The Balaban J connectivity index is 1.65. The Kier molecular flexibility index (Phi) is 5.19. The van der Waals surface area contributed by atoms with Gasteiger partial charge in [0, 0.05) is 19.2 Å². The van der Waals surface area contributed by atoms with Crippen LogP contribution in [-0.2, 0) is 9.53 Å². The maximum Gasteiger partial charge on any atom is 0.249 e. The van der Waals surface area contributed by atoms with E-state index in [0.717, 1.165) is 31.4 Å². The Morgan fingerprint density at radius 2 is 2.30 bits per heavy atom. The minimum absolute atomic E-state index is 0.0295. The molecule has 2 aliphatic rings. The molecule has 2 aliphatic heterocycles. The Labute approximate surface area is 140 Å². The summed E-state index contributed by atoms with van der Waals surface area (Å²) in [5.41, 5.74) is 0.906. The summed E-state index contributed by atoms with van der Waals surface area (Å²) >= 11 is 5.78. The fourth-order valence-electron chi connectivity index (χ4n) is 3.59. The van der Waals surface area contributed by atoms with Gasteiger partial charge in [-0.05, 0) is 56.5 Å². The topological polar surface area (TPSA) is 41.6 Å². The molecule has 1 amide bonds. The van der Waals surface area contributed by atoms with Crippen molar-refractivity contribution in [3.63, 3.8) is 0 Å². The lowest BCUT2D eigenvalue weighted by molar-refractivity contribution is -0.130. The number of rotatable bonds is 4. The highest BCUT2D eigenvalue weighted by atomic mass is 35.5. The van der Waals surface area contributed by atoms with Gasteiger partial charge in [0.1, 0.15) is 11.9 Å². The summed E-state index contributed by atoms with van der Waals surface area (Å²) in [4.78, 5) is 14.3. The summed E-state index contributed by atoms with van der Waals surface area (Å²) < 4.78 is 19.2. The SMILES string of the molecule is CN1CC[C@@H](CNC(=O)[C@@H]2CCCO2)[C@@H]1c1ccc(Cl)c(F)c1. The molecule has 0 saturated carbocycles. The predicted octanol–water partition coefficient (Wildman–Crippen LogP) is 2.77. The molecule has 3 atom stereocenters. The Hall–Kier alpha value is -1.17. The molecule has 0 unspecified atom stereocenters. The van der Waals surface area contributed by atoms with Crippen LogP contribution in [0.3, 0.4) is 0 Å². The number of hydrogen-bond donors (Lipinski definition) is 1. The third-order valence-corrected chi connectivity index (χ3v) is 5.13. The molecule has 126 valence electrons. The van der Waals surface area contributed by atoms with Gasteiger partial charge in [0.2, 0.25) is 5.91 Å². The number of ether oxygens (including phenoxy) is 1. The minimum atomic E-state index is -0.397. The third-order valence-electron chi connectivity index (χ3n) is 4.82. The van der Waals surface area contributed by atoms with Crippen LogP contribution >= 0.6 is 11.6 Å². The lowest BCUT2D eigenvalue weighted by Gasteiger charge is -2.26. The smallest absolute Gasteiger partial charge is 0.249 e. The highest BCUT2D eigenvalue weighted by Crippen LogP contribution is 2.36. The maximum absolute atomic E-state index is 13.8. The lowest BCUT2D eigenvalue weighted by atomic mass is 9.93. The number of carbonyl (C=O) groups is 1. The number of hydrogen-bond acceptors (Lipinski definition) is 3. The first-order chi connectivity index (χ1) is 11.1. The van der Waals surface area contributed by atoms with Crippen molar-refractivity contribution in [2.24, 2.45) is 5.92 Å². The molecule has 1 N–H and O–H groups in total. The zero-order valence-corrected chi connectivity index (χ0v) is 14.0. The van der Waals surface area contributed by atoms with Gasteiger partial charge in [-0.2, -0.15) is 0 Å². The second-order valence-corrected chi connectivity index (χ2v) is 6.80. The zero-order valence-electron chi connectivity index (χ0n) is 13.2. The van der Waals surface area contributed by atoms with E-state index >= 15 is 0 Å². The van der Waals surface area contributed by atoms with Crippen LogP contribution in [-0.4, -0.2) is 43.7 Å². The molecule has 1 aromatic carbocycles. The van der Waals surface area contributed by atoms with E-state index < -0.39 is 5.82 Å². The van der Waals surface area contributed by atoms with E-state index in [-0.39, 0.29) is 29.0 Å². The molecule has 23 heavy (non-hydrogen) atoms. The molecule has 3 rings (SSSR count). The van der Waals surface area contributed by atoms with Crippen molar-refractivity contribution in [1.29, 1.82) is 0 Å². The Morgan fingerprint density at radius 3 is 3.00 bits per heavy atom. The standard InChI is InChI=1S/C17H22ClFN2O2/c1-21-7-6-12(10-20-17(22)15-3-2-8-23-15)16(21)11-4-5-13(18)14(19)9-11/h4-5,9,12,15-16H,2-3,6-8,10H2,1H3,(H,20,22)/t12-,15-,16-/m0/s1. The van der Waals surface area contributed by atoms with Gasteiger partial charge >= 0.3 is 0 Å². The average molecular weight is 341 g/mol. The quantitative estimate of drug-likeness (QED) is 0.916. The highest BCUT2D eigenvalue weighted by molar-refractivity contribution is 6.30. The molecular weight excluding hydrogens is 319 g/mol. The summed E-state index contributed by atoms with van der Waals surface area (Å²) in [6.07, 6.45) is 2.40. The van der Waals surface area contributed by atoms with E-state index in [9.17, 15) is 9.18 Å². The molecule has 4 nitrogen and oxygen atoms in total. The average Bonchev–Trinajstić information content (AvgIpc) is 3.18. The van der Waals surface area contributed by atoms with Crippen LogP contribution in [0.25, 0.3) is 0 Å². The zero-order chi connectivity index (χ0) is 16.4. The number of carbonyl (C=O) groups excluding carboxylic acids is 1. The van der Waals surface area contributed by atoms with Crippen molar-refractivity contribution in [2.45, 2.75) is 31.4 Å². The summed E-state index contributed by atoms with van der Waals surface area (Å²) in [7, 11) is 2.03. The van der Waals surface area contributed by atoms with Gasteiger partial charge in [0.05, 0.1) is 5.02 Å². The summed E-state index contributed by atoms with van der Waals surface area (Å²) in [6, 6.07) is 5.06. The van der Waals surface area contributed by atoms with Crippen molar-refractivity contribution in [2.75, 3.05) is 26.7 Å². The van der Waals surface area contributed by atoms with E-state index in [2.05, 4.69) is 10.2 Å². The van der Waals surface area contributed by atoms with Crippen molar-refractivity contribution < 1.29 is 13.9 Å². The second-order valence-electron chi connectivity index (χ2n) is 6.39. The maximum atomic E-state index is 13.8. The van der Waals surface area contributed by atoms with Gasteiger partial charge in [0.25, 0.3) is 0 Å². The summed E-state index contributed by atoms with van der Waals surface area (Å²) in [5, 5.41) is 3.14. The van der Waals surface area contributed by atoms with Gasteiger partial charge < -0.3 is 10.1 Å². The van der Waals surface area contributed by atoms with Gasteiger partial charge in [-0.15, -0.1) is 0 Å². The molecule has 2 saturated heterocycles. The lowest BCUT2D eigenvalue weighted by Crippen LogP contribution is -2.38. The first-order valence-corrected chi connectivity index (χ1v) is 8.48. The van der Waals surface area contributed by atoms with Crippen LogP contribution in [0, 0.1) is 11.7 Å². The van der Waals surface area contributed by atoms with E-state index in [4.69, 9.17) is 16.3 Å². The molecule has 2 fully saturated rings. The highest BCUT2D eigenvalue weighted by Gasteiger charge is 2.34. The molecular formula is C17H22ClFN2O2. The van der Waals surface area contributed by atoms with Crippen molar-refractivity contribution >= 4 is 17.5 Å². The molecule has 0 radical (unpaired) electrons. The number of nitrogens with zero attached hydrogens (tertiary/aromatic N) is 1.